The maximum Gasteiger partial charge on any atom is 0.158 e. The van der Waals surface area contributed by atoms with Crippen molar-refractivity contribution >= 4 is 56.2 Å². The summed E-state index contributed by atoms with van der Waals surface area (Å²) in [7, 11) is 0. The van der Waals surface area contributed by atoms with Crippen LogP contribution in [0.3, 0.4) is 0 Å². The molecule has 4 N–H and O–H groups in total. The fourth-order valence-electron chi connectivity index (χ4n) is 5.22. The van der Waals surface area contributed by atoms with Crippen molar-refractivity contribution in [2.24, 2.45) is 0 Å². The average Bonchev–Trinajstić information content (AvgIpc) is 3.64. The quantitative estimate of drug-likeness (QED) is 0.136. The fourth-order valence-corrected chi connectivity index (χ4v) is 5.22. The number of hydrogen-bond acceptors (Lipinski definition) is 12. The van der Waals surface area contributed by atoms with Gasteiger partial charge in [-0.25, -0.2) is 9.26 Å². The zero-order valence-electron chi connectivity index (χ0n) is 20.0. The number of phenols is 4. The highest BCUT2D eigenvalue weighted by molar-refractivity contribution is 6.26. The molecule has 12 nitrogen and oxygen atoms in total. The van der Waals surface area contributed by atoms with Gasteiger partial charge in [-0.05, 0) is 78.6 Å². The molecule has 40 heavy (non-hydrogen) atoms. The topological polar surface area (TPSA) is 193 Å². The van der Waals surface area contributed by atoms with E-state index in [2.05, 4.69) is 20.6 Å². The minimum absolute atomic E-state index is 0.198. The minimum atomic E-state index is -0.425. The summed E-state index contributed by atoms with van der Waals surface area (Å²) in [6.45, 7) is 0. The van der Waals surface area contributed by atoms with Crippen LogP contribution in [0.5, 0.6) is 23.0 Å². The SMILES string of the molecule is O=Cc1ccc(-c2c3cc(O)c(O)cc3c(-c3ccc(C=O)c4nonc34)c3cc(O)c(O)cc23)c2nonc12. The summed E-state index contributed by atoms with van der Waals surface area (Å²) in [6, 6.07) is 11.7. The molecule has 5 aromatic carbocycles. The minimum Gasteiger partial charge on any atom is -0.504 e. The number of aromatic hydroxyl groups is 4. The number of aromatic nitrogens is 4. The molecule has 2 aromatic heterocycles. The van der Waals surface area contributed by atoms with Crippen LogP contribution in [-0.4, -0.2) is 53.6 Å². The zero-order chi connectivity index (χ0) is 27.7. The molecule has 0 spiro atoms. The molecule has 7 rings (SSSR count). The van der Waals surface area contributed by atoms with Crippen LogP contribution in [0.15, 0.2) is 57.8 Å². The number of carbonyl (C=O) groups excluding carboxylic acids is 2. The van der Waals surface area contributed by atoms with E-state index in [-0.39, 0.29) is 33.2 Å². The van der Waals surface area contributed by atoms with Crippen molar-refractivity contribution in [3.8, 4) is 45.3 Å². The number of benzene rings is 5. The lowest BCUT2D eigenvalue weighted by Crippen LogP contribution is -1.95. The Morgan fingerprint density at radius 3 is 1.15 bits per heavy atom. The smallest absolute Gasteiger partial charge is 0.158 e. The third-order valence-electron chi connectivity index (χ3n) is 6.99. The molecule has 12 heteroatoms. The van der Waals surface area contributed by atoms with E-state index in [1.54, 1.807) is 12.1 Å². The van der Waals surface area contributed by atoms with Crippen molar-refractivity contribution in [1.29, 1.82) is 0 Å². The van der Waals surface area contributed by atoms with Gasteiger partial charge in [-0.3, -0.25) is 9.59 Å². The van der Waals surface area contributed by atoms with Crippen LogP contribution in [0.25, 0.3) is 65.9 Å². The number of rotatable bonds is 4. The molecular weight excluding hydrogens is 520 g/mol. The molecule has 0 radical (unpaired) electrons. The summed E-state index contributed by atoms with van der Waals surface area (Å²) in [4.78, 5) is 23.2. The number of aldehydes is 2. The lowest BCUT2D eigenvalue weighted by atomic mass is 9.84. The van der Waals surface area contributed by atoms with Crippen LogP contribution in [0.1, 0.15) is 20.7 Å². The van der Waals surface area contributed by atoms with Gasteiger partial charge in [0.25, 0.3) is 0 Å². The van der Waals surface area contributed by atoms with E-state index >= 15 is 0 Å². The maximum atomic E-state index is 11.6. The summed E-state index contributed by atoms with van der Waals surface area (Å²) >= 11 is 0. The van der Waals surface area contributed by atoms with Gasteiger partial charge in [-0.15, -0.1) is 0 Å². The molecule has 0 atom stereocenters. The summed E-state index contributed by atoms with van der Waals surface area (Å²) in [6.07, 6.45) is 1.23. The Labute approximate surface area is 221 Å². The van der Waals surface area contributed by atoms with Gasteiger partial charge in [-0.2, -0.15) is 0 Å². The van der Waals surface area contributed by atoms with E-state index in [0.29, 0.717) is 56.4 Å². The second-order valence-corrected chi connectivity index (χ2v) is 9.09. The van der Waals surface area contributed by atoms with Crippen LogP contribution >= 0.6 is 0 Å². The highest BCUT2D eigenvalue weighted by Crippen LogP contribution is 2.50. The predicted octanol–water partition coefficient (Wildman–Crippen LogP) is 4.85. The van der Waals surface area contributed by atoms with Crippen molar-refractivity contribution in [2.45, 2.75) is 0 Å². The molecule has 194 valence electrons. The second-order valence-electron chi connectivity index (χ2n) is 9.09. The van der Waals surface area contributed by atoms with Gasteiger partial charge in [0.15, 0.2) is 35.6 Å². The molecule has 0 saturated carbocycles. The summed E-state index contributed by atoms with van der Waals surface area (Å²) in [5.41, 5.74) is 3.06. The van der Waals surface area contributed by atoms with E-state index in [1.807, 2.05) is 0 Å². The molecule has 0 aliphatic rings. The third kappa shape index (κ3) is 3.07. The van der Waals surface area contributed by atoms with Gasteiger partial charge in [-0.1, -0.05) is 12.1 Å². The summed E-state index contributed by atoms with van der Waals surface area (Å²) < 4.78 is 9.88. The standard InChI is InChI=1S/C28H14N4O8/c33-9-11-1-3-13(27-25(11)29-39-31-27)23-15-5-19(35)21(37)7-17(15)24(18-8-22(38)20(36)6-16(18)23)14-4-2-12(10-34)26-28(14)32-40-30-26/h1-10,35-38H. The Kier molecular flexibility index (Phi) is 4.75. The largest absolute Gasteiger partial charge is 0.504 e. The Hall–Kier alpha value is -6.04. The van der Waals surface area contributed by atoms with E-state index in [1.165, 1.54) is 36.4 Å². The van der Waals surface area contributed by atoms with Gasteiger partial charge >= 0.3 is 0 Å². The van der Waals surface area contributed by atoms with Crippen LogP contribution in [0.4, 0.5) is 0 Å². The van der Waals surface area contributed by atoms with Gasteiger partial charge in [0.05, 0.1) is 0 Å². The van der Waals surface area contributed by atoms with Gasteiger partial charge in [0.2, 0.25) is 0 Å². The average molecular weight is 534 g/mol. The normalized spacial score (nSPS) is 11.6. The van der Waals surface area contributed by atoms with Crippen LogP contribution in [-0.2, 0) is 0 Å². The Bertz CT molecular complexity index is 1990. The molecule has 0 saturated heterocycles. The van der Waals surface area contributed by atoms with Crippen molar-refractivity contribution in [2.75, 3.05) is 0 Å². The molecule has 0 unspecified atom stereocenters. The van der Waals surface area contributed by atoms with Crippen molar-refractivity contribution in [1.82, 2.24) is 20.6 Å². The molecule has 0 amide bonds. The first kappa shape index (κ1) is 23.1. The van der Waals surface area contributed by atoms with Crippen LogP contribution in [0, 0.1) is 0 Å². The summed E-state index contributed by atoms with van der Waals surface area (Å²) in [5.74, 6) is -1.70. The van der Waals surface area contributed by atoms with E-state index in [4.69, 9.17) is 9.26 Å². The highest BCUT2D eigenvalue weighted by Gasteiger charge is 2.25. The Morgan fingerprint density at radius 2 is 0.825 bits per heavy atom. The fraction of sp³-hybridized carbons (Fsp3) is 0. The first-order chi connectivity index (χ1) is 19.4. The molecule has 0 aliphatic heterocycles. The first-order valence-corrected chi connectivity index (χ1v) is 11.7. The zero-order valence-corrected chi connectivity index (χ0v) is 20.0. The lowest BCUT2D eigenvalue weighted by molar-refractivity contribution is 0.111. The number of nitrogens with zero attached hydrogens (tertiary/aromatic N) is 4. The van der Waals surface area contributed by atoms with E-state index < -0.39 is 23.0 Å². The molecule has 7 aromatic rings. The predicted molar refractivity (Wildman–Crippen MR) is 140 cm³/mol. The number of hydrogen-bond donors (Lipinski definition) is 4. The molecule has 0 aliphatic carbocycles. The summed E-state index contributed by atoms with van der Waals surface area (Å²) in [5, 5.41) is 59.6. The Morgan fingerprint density at radius 1 is 0.500 bits per heavy atom. The van der Waals surface area contributed by atoms with Crippen LogP contribution < -0.4 is 0 Å². The van der Waals surface area contributed by atoms with Gasteiger partial charge < -0.3 is 20.4 Å². The third-order valence-corrected chi connectivity index (χ3v) is 6.99. The number of fused-ring (bicyclic) bond motifs is 4. The number of phenolic OH excluding ortho intramolecular Hbond substituents is 4. The second kappa shape index (κ2) is 8.23. The molecule has 2 heterocycles. The van der Waals surface area contributed by atoms with Gasteiger partial charge in [0.1, 0.15) is 22.1 Å². The maximum absolute atomic E-state index is 11.6. The van der Waals surface area contributed by atoms with Crippen molar-refractivity contribution < 1.29 is 39.3 Å². The van der Waals surface area contributed by atoms with Crippen LogP contribution in [0.2, 0.25) is 0 Å². The Balaban J connectivity index is 1.74. The van der Waals surface area contributed by atoms with Gasteiger partial charge in [0, 0.05) is 33.4 Å². The molecular formula is C28H14N4O8. The highest BCUT2D eigenvalue weighted by atomic mass is 16.6. The van der Waals surface area contributed by atoms with E-state index in [0.717, 1.165) is 0 Å². The van der Waals surface area contributed by atoms with E-state index in [9.17, 15) is 30.0 Å². The first-order valence-electron chi connectivity index (χ1n) is 11.7. The number of carbonyl (C=O) groups is 2. The van der Waals surface area contributed by atoms with Crippen molar-refractivity contribution in [3.63, 3.8) is 0 Å². The lowest BCUT2D eigenvalue weighted by Gasteiger charge is -2.19. The molecule has 0 bridgehead atoms. The monoisotopic (exact) mass is 534 g/mol. The molecule has 0 fully saturated rings. The van der Waals surface area contributed by atoms with Crippen molar-refractivity contribution in [3.05, 3.63) is 59.7 Å².